The van der Waals surface area contributed by atoms with Crippen LogP contribution in [0.15, 0.2) is 11.6 Å². The number of esters is 1. The zero-order valence-electron chi connectivity index (χ0n) is 11.9. The summed E-state index contributed by atoms with van der Waals surface area (Å²) < 4.78 is 4.64. The minimum atomic E-state index is -0.258. The molecular formula is C13H25N3O2. The summed E-state index contributed by atoms with van der Waals surface area (Å²) in [5, 5.41) is 3.36. The first-order valence-electron chi connectivity index (χ1n) is 6.39. The van der Waals surface area contributed by atoms with E-state index in [4.69, 9.17) is 0 Å². The Labute approximate surface area is 110 Å². The summed E-state index contributed by atoms with van der Waals surface area (Å²) >= 11 is 0. The predicted octanol–water partition coefficient (Wildman–Crippen LogP) is -0.0589. The second-order valence-electron chi connectivity index (χ2n) is 4.93. The van der Waals surface area contributed by atoms with Crippen LogP contribution in [0.2, 0.25) is 0 Å². The molecule has 0 spiro atoms. The van der Waals surface area contributed by atoms with Gasteiger partial charge in [0.1, 0.15) is 0 Å². The number of ether oxygens (including phenoxy) is 1. The predicted molar refractivity (Wildman–Crippen MR) is 72.6 cm³/mol. The molecule has 1 aliphatic heterocycles. The number of likely N-dealkylation sites (N-methyl/N-ethyl adjacent to an activating group) is 2. The van der Waals surface area contributed by atoms with Crippen molar-refractivity contribution in [1.29, 1.82) is 0 Å². The molecule has 0 amide bonds. The summed E-state index contributed by atoms with van der Waals surface area (Å²) in [6.07, 6.45) is 1.87. The van der Waals surface area contributed by atoms with Crippen LogP contribution in [0.25, 0.3) is 0 Å². The van der Waals surface area contributed by atoms with Gasteiger partial charge in [-0.2, -0.15) is 0 Å². The fourth-order valence-electron chi connectivity index (χ4n) is 2.04. The second-order valence-corrected chi connectivity index (χ2v) is 4.93. The van der Waals surface area contributed by atoms with E-state index in [1.165, 1.54) is 7.11 Å². The van der Waals surface area contributed by atoms with Gasteiger partial charge in [0.2, 0.25) is 0 Å². The molecule has 5 nitrogen and oxygen atoms in total. The van der Waals surface area contributed by atoms with Crippen molar-refractivity contribution in [2.45, 2.75) is 13.0 Å². The van der Waals surface area contributed by atoms with E-state index >= 15 is 0 Å². The Morgan fingerprint density at radius 2 is 2.17 bits per heavy atom. The van der Waals surface area contributed by atoms with Crippen LogP contribution < -0.4 is 5.32 Å². The summed E-state index contributed by atoms with van der Waals surface area (Å²) in [5.41, 5.74) is 0.652. The van der Waals surface area contributed by atoms with E-state index in [1.54, 1.807) is 6.92 Å². The lowest BCUT2D eigenvalue weighted by Gasteiger charge is -2.37. The molecule has 1 fully saturated rings. The highest BCUT2D eigenvalue weighted by Gasteiger charge is 2.21. The Morgan fingerprint density at radius 3 is 2.83 bits per heavy atom. The van der Waals surface area contributed by atoms with E-state index in [1.807, 2.05) is 6.08 Å². The lowest BCUT2D eigenvalue weighted by molar-refractivity contribution is -0.136. The molecule has 1 rings (SSSR count). The van der Waals surface area contributed by atoms with Crippen LogP contribution in [0.5, 0.6) is 0 Å². The van der Waals surface area contributed by atoms with Gasteiger partial charge in [0.15, 0.2) is 0 Å². The summed E-state index contributed by atoms with van der Waals surface area (Å²) in [4.78, 5) is 15.9. The van der Waals surface area contributed by atoms with Crippen LogP contribution >= 0.6 is 0 Å². The molecule has 0 saturated carbocycles. The first-order valence-corrected chi connectivity index (χ1v) is 6.39. The van der Waals surface area contributed by atoms with Crippen molar-refractivity contribution >= 4 is 5.97 Å². The first-order chi connectivity index (χ1) is 8.54. The fraction of sp³-hybridized carbons (Fsp3) is 0.769. The molecule has 18 heavy (non-hydrogen) atoms. The molecular weight excluding hydrogens is 230 g/mol. The van der Waals surface area contributed by atoms with Gasteiger partial charge in [0.25, 0.3) is 0 Å². The highest BCUT2D eigenvalue weighted by atomic mass is 16.5. The number of rotatable bonds is 5. The maximum atomic E-state index is 11.2. The van der Waals surface area contributed by atoms with Crippen molar-refractivity contribution in [1.82, 2.24) is 15.1 Å². The van der Waals surface area contributed by atoms with Crippen LogP contribution in [-0.4, -0.2) is 75.7 Å². The Balaban J connectivity index is 2.26. The summed E-state index contributed by atoms with van der Waals surface area (Å²) in [5.74, 6) is -0.258. The Morgan fingerprint density at radius 1 is 1.44 bits per heavy atom. The van der Waals surface area contributed by atoms with Crippen molar-refractivity contribution in [2.24, 2.45) is 0 Å². The standard InChI is InChI=1S/C13H25N3O2/c1-11(13(17)18-4)5-6-14-9-12-10-15(2)7-8-16(12)3/h5,12,14H,6-10H2,1-4H3. The molecule has 0 bridgehead atoms. The molecule has 0 aromatic rings. The van der Waals surface area contributed by atoms with Crippen molar-refractivity contribution in [3.63, 3.8) is 0 Å². The maximum Gasteiger partial charge on any atom is 0.333 e. The van der Waals surface area contributed by atoms with Gasteiger partial charge in [-0.15, -0.1) is 0 Å². The molecule has 1 N–H and O–H groups in total. The van der Waals surface area contributed by atoms with Gasteiger partial charge in [0, 0.05) is 44.3 Å². The third-order valence-electron chi connectivity index (χ3n) is 3.42. The van der Waals surface area contributed by atoms with Crippen molar-refractivity contribution in [3.8, 4) is 0 Å². The number of carbonyl (C=O) groups is 1. The quantitative estimate of drug-likeness (QED) is 0.424. The molecule has 104 valence electrons. The van der Waals surface area contributed by atoms with E-state index in [0.717, 1.165) is 26.2 Å². The Kier molecular flexibility index (Phi) is 6.32. The first kappa shape index (κ1) is 15.1. The number of piperazine rings is 1. The van der Waals surface area contributed by atoms with Gasteiger partial charge in [-0.3, -0.25) is 4.90 Å². The number of hydrogen-bond acceptors (Lipinski definition) is 5. The van der Waals surface area contributed by atoms with Crippen molar-refractivity contribution in [3.05, 3.63) is 11.6 Å². The number of carbonyl (C=O) groups excluding carboxylic acids is 1. The lowest BCUT2D eigenvalue weighted by atomic mass is 10.2. The normalized spacial score (nSPS) is 23.1. The molecule has 0 radical (unpaired) electrons. The van der Waals surface area contributed by atoms with E-state index in [0.29, 0.717) is 18.2 Å². The monoisotopic (exact) mass is 255 g/mol. The Hall–Kier alpha value is -0.910. The molecule has 0 aromatic heterocycles. The topological polar surface area (TPSA) is 44.8 Å². The molecule has 1 aliphatic rings. The van der Waals surface area contributed by atoms with Crippen LogP contribution in [-0.2, 0) is 9.53 Å². The third-order valence-corrected chi connectivity index (χ3v) is 3.42. The van der Waals surface area contributed by atoms with Crippen LogP contribution in [0.1, 0.15) is 6.92 Å². The molecule has 1 unspecified atom stereocenters. The van der Waals surface area contributed by atoms with Gasteiger partial charge < -0.3 is 15.0 Å². The van der Waals surface area contributed by atoms with E-state index in [9.17, 15) is 4.79 Å². The van der Waals surface area contributed by atoms with Gasteiger partial charge in [-0.05, 0) is 21.0 Å². The van der Waals surface area contributed by atoms with Gasteiger partial charge in [0.05, 0.1) is 7.11 Å². The smallest absolute Gasteiger partial charge is 0.333 e. The van der Waals surface area contributed by atoms with E-state index < -0.39 is 0 Å². The zero-order chi connectivity index (χ0) is 13.5. The number of nitrogens with zero attached hydrogens (tertiary/aromatic N) is 2. The highest BCUT2D eigenvalue weighted by Crippen LogP contribution is 2.04. The van der Waals surface area contributed by atoms with E-state index in [-0.39, 0.29) is 5.97 Å². The van der Waals surface area contributed by atoms with Crippen molar-refractivity contribution < 1.29 is 9.53 Å². The SMILES string of the molecule is COC(=O)C(C)=CCNCC1CN(C)CCN1C. The lowest BCUT2D eigenvalue weighted by Crippen LogP contribution is -2.53. The van der Waals surface area contributed by atoms with Gasteiger partial charge >= 0.3 is 5.97 Å². The minimum Gasteiger partial charge on any atom is -0.466 e. The largest absolute Gasteiger partial charge is 0.466 e. The third kappa shape index (κ3) is 4.76. The molecule has 0 aromatic carbocycles. The van der Waals surface area contributed by atoms with Gasteiger partial charge in [-0.1, -0.05) is 6.08 Å². The number of nitrogens with one attached hydrogen (secondary N) is 1. The summed E-state index contributed by atoms with van der Waals surface area (Å²) in [7, 11) is 5.72. The fourth-order valence-corrected chi connectivity index (χ4v) is 2.04. The molecule has 0 aliphatic carbocycles. The highest BCUT2D eigenvalue weighted by molar-refractivity contribution is 5.87. The molecule has 1 heterocycles. The molecule has 1 atom stereocenters. The molecule has 1 saturated heterocycles. The van der Waals surface area contributed by atoms with Gasteiger partial charge in [-0.25, -0.2) is 4.79 Å². The number of methoxy groups -OCH3 is 1. The second kappa shape index (κ2) is 7.51. The molecule has 5 heteroatoms. The maximum absolute atomic E-state index is 11.2. The van der Waals surface area contributed by atoms with Crippen LogP contribution in [0.4, 0.5) is 0 Å². The van der Waals surface area contributed by atoms with Crippen LogP contribution in [0.3, 0.4) is 0 Å². The summed E-state index contributed by atoms with van der Waals surface area (Å²) in [6, 6.07) is 0.538. The minimum absolute atomic E-state index is 0.258. The van der Waals surface area contributed by atoms with Crippen LogP contribution in [0, 0.1) is 0 Å². The summed E-state index contributed by atoms with van der Waals surface area (Å²) in [6.45, 7) is 6.74. The zero-order valence-corrected chi connectivity index (χ0v) is 11.9. The number of hydrogen-bond donors (Lipinski definition) is 1. The van der Waals surface area contributed by atoms with E-state index in [2.05, 4.69) is 33.9 Å². The Bertz CT molecular complexity index is 305. The van der Waals surface area contributed by atoms with Crippen molar-refractivity contribution in [2.75, 3.05) is 53.9 Å². The average Bonchev–Trinajstić information content (AvgIpc) is 2.37. The average molecular weight is 255 g/mol.